The first-order chi connectivity index (χ1) is 8.40. The van der Waals surface area contributed by atoms with Crippen molar-refractivity contribution in [3.8, 4) is 0 Å². The van der Waals surface area contributed by atoms with Gasteiger partial charge >= 0.3 is 0 Å². The Hall–Kier alpha value is -0.800. The van der Waals surface area contributed by atoms with E-state index >= 15 is 0 Å². The van der Waals surface area contributed by atoms with Crippen molar-refractivity contribution in [3.63, 3.8) is 0 Å². The molecule has 1 aromatic heterocycles. The fourth-order valence-electron chi connectivity index (χ4n) is 2.49. The molecule has 3 heteroatoms. The molecule has 1 saturated heterocycles. The Morgan fingerprint density at radius 1 is 1.47 bits per heavy atom. The van der Waals surface area contributed by atoms with Crippen molar-refractivity contribution < 1.29 is 9.15 Å². The van der Waals surface area contributed by atoms with Gasteiger partial charge in [0.15, 0.2) is 0 Å². The van der Waals surface area contributed by atoms with Gasteiger partial charge in [0.25, 0.3) is 0 Å². The molecule has 0 saturated carbocycles. The molecule has 2 rings (SSSR count). The van der Waals surface area contributed by atoms with Crippen molar-refractivity contribution in [2.45, 2.75) is 51.2 Å². The summed E-state index contributed by atoms with van der Waals surface area (Å²) in [6, 6.07) is 2.46. The third-order valence-corrected chi connectivity index (χ3v) is 3.45. The number of ether oxygens (including phenoxy) is 1. The lowest BCUT2D eigenvalue weighted by Crippen LogP contribution is -2.24. The van der Waals surface area contributed by atoms with Gasteiger partial charge in [-0.25, -0.2) is 0 Å². The maximum atomic E-state index is 5.77. The molecule has 17 heavy (non-hydrogen) atoms. The van der Waals surface area contributed by atoms with Crippen LogP contribution in [0.25, 0.3) is 0 Å². The van der Waals surface area contributed by atoms with Crippen LogP contribution in [0.5, 0.6) is 0 Å². The van der Waals surface area contributed by atoms with Gasteiger partial charge in [-0.15, -0.1) is 0 Å². The lowest BCUT2D eigenvalue weighted by Gasteiger charge is -2.24. The van der Waals surface area contributed by atoms with E-state index in [1.165, 1.54) is 24.8 Å². The summed E-state index contributed by atoms with van der Waals surface area (Å²) in [5.74, 6) is 0. The lowest BCUT2D eigenvalue weighted by atomic mass is 9.99. The van der Waals surface area contributed by atoms with Crippen LogP contribution in [-0.2, 0) is 4.74 Å². The first-order valence-corrected chi connectivity index (χ1v) is 6.77. The van der Waals surface area contributed by atoms with Crippen LogP contribution in [0, 0.1) is 0 Å². The van der Waals surface area contributed by atoms with Gasteiger partial charge in [0, 0.05) is 18.2 Å². The molecule has 3 nitrogen and oxygen atoms in total. The van der Waals surface area contributed by atoms with Crippen LogP contribution in [0.2, 0.25) is 0 Å². The molecule has 1 aliphatic rings. The Balaban J connectivity index is 1.81. The second-order valence-corrected chi connectivity index (χ2v) is 4.73. The number of furan rings is 1. The Bertz CT molecular complexity index is 291. The van der Waals surface area contributed by atoms with Crippen molar-refractivity contribution in [2.24, 2.45) is 0 Å². The molecule has 1 N–H and O–H groups in total. The van der Waals surface area contributed by atoms with Gasteiger partial charge in [-0.3, -0.25) is 0 Å². The molecule has 0 aromatic carbocycles. The number of hydrogen-bond acceptors (Lipinski definition) is 3. The van der Waals surface area contributed by atoms with Gasteiger partial charge < -0.3 is 14.5 Å². The molecule has 1 aromatic rings. The Kier molecular flexibility index (Phi) is 5.08. The minimum atomic E-state index is 0.407. The zero-order valence-corrected chi connectivity index (χ0v) is 10.7. The van der Waals surface area contributed by atoms with Gasteiger partial charge in [0.05, 0.1) is 18.6 Å². The summed E-state index contributed by atoms with van der Waals surface area (Å²) in [4.78, 5) is 0. The highest BCUT2D eigenvalue weighted by Gasteiger charge is 2.17. The van der Waals surface area contributed by atoms with Crippen LogP contribution in [0.15, 0.2) is 23.0 Å². The van der Waals surface area contributed by atoms with E-state index in [0.29, 0.717) is 12.1 Å². The molecule has 2 atom stereocenters. The fraction of sp³-hybridized carbons (Fsp3) is 0.714. The second kappa shape index (κ2) is 6.82. The Morgan fingerprint density at radius 2 is 2.41 bits per heavy atom. The monoisotopic (exact) mass is 237 g/mol. The van der Waals surface area contributed by atoms with Gasteiger partial charge in [0.2, 0.25) is 0 Å². The Labute approximate surface area is 104 Å². The molecule has 0 aliphatic carbocycles. The van der Waals surface area contributed by atoms with E-state index in [2.05, 4.69) is 18.3 Å². The largest absolute Gasteiger partial charge is 0.472 e. The smallest absolute Gasteiger partial charge is 0.0950 e. The summed E-state index contributed by atoms with van der Waals surface area (Å²) < 4.78 is 10.9. The van der Waals surface area contributed by atoms with Crippen molar-refractivity contribution >= 4 is 0 Å². The predicted molar refractivity (Wildman–Crippen MR) is 68.0 cm³/mol. The highest BCUT2D eigenvalue weighted by atomic mass is 16.5. The van der Waals surface area contributed by atoms with Crippen LogP contribution in [0.3, 0.4) is 0 Å². The van der Waals surface area contributed by atoms with Crippen LogP contribution in [0.4, 0.5) is 0 Å². The summed E-state index contributed by atoms with van der Waals surface area (Å²) in [6.07, 6.45) is 10.1. The molecule has 0 amide bonds. The summed E-state index contributed by atoms with van der Waals surface area (Å²) in [5.41, 5.74) is 1.25. The van der Waals surface area contributed by atoms with Gasteiger partial charge in [0.1, 0.15) is 0 Å². The summed E-state index contributed by atoms with van der Waals surface area (Å²) >= 11 is 0. The molecule has 2 unspecified atom stereocenters. The van der Waals surface area contributed by atoms with E-state index in [9.17, 15) is 0 Å². The molecule has 1 aliphatic heterocycles. The van der Waals surface area contributed by atoms with Gasteiger partial charge in [-0.05, 0) is 44.7 Å². The zero-order valence-electron chi connectivity index (χ0n) is 10.7. The lowest BCUT2D eigenvalue weighted by molar-refractivity contribution is 0.00855. The average molecular weight is 237 g/mol. The zero-order chi connectivity index (χ0) is 11.9. The van der Waals surface area contributed by atoms with Crippen LogP contribution >= 0.6 is 0 Å². The standard InChI is InChI=1S/C14H23NO2/c1-2-15-14(12-8-10-16-11-12)7-6-13-5-3-4-9-17-13/h8,10-11,13-15H,2-7,9H2,1H3. The first-order valence-electron chi connectivity index (χ1n) is 6.77. The fourth-order valence-corrected chi connectivity index (χ4v) is 2.49. The van der Waals surface area contributed by atoms with Gasteiger partial charge in [-0.1, -0.05) is 6.92 Å². The summed E-state index contributed by atoms with van der Waals surface area (Å²) in [6.45, 7) is 4.08. The highest BCUT2D eigenvalue weighted by molar-refractivity contribution is 5.11. The van der Waals surface area contributed by atoms with E-state index in [1.54, 1.807) is 6.26 Å². The minimum Gasteiger partial charge on any atom is -0.472 e. The maximum absolute atomic E-state index is 5.77. The predicted octanol–water partition coefficient (Wildman–Crippen LogP) is 3.28. The maximum Gasteiger partial charge on any atom is 0.0950 e. The third kappa shape index (κ3) is 3.86. The quantitative estimate of drug-likeness (QED) is 0.824. The van der Waals surface area contributed by atoms with Crippen LogP contribution in [-0.4, -0.2) is 19.3 Å². The second-order valence-electron chi connectivity index (χ2n) is 4.73. The topological polar surface area (TPSA) is 34.4 Å². The first kappa shape index (κ1) is 12.7. The van der Waals surface area contributed by atoms with Crippen molar-refractivity contribution in [2.75, 3.05) is 13.2 Å². The average Bonchev–Trinajstić information content (AvgIpc) is 2.89. The van der Waals surface area contributed by atoms with Crippen molar-refractivity contribution in [3.05, 3.63) is 24.2 Å². The highest BCUT2D eigenvalue weighted by Crippen LogP contribution is 2.24. The molecule has 0 spiro atoms. The van der Waals surface area contributed by atoms with E-state index in [0.717, 1.165) is 26.0 Å². The molecule has 96 valence electrons. The van der Waals surface area contributed by atoms with Crippen LogP contribution in [0.1, 0.15) is 50.6 Å². The number of rotatable bonds is 6. The Morgan fingerprint density at radius 3 is 3.06 bits per heavy atom. The van der Waals surface area contributed by atoms with Crippen molar-refractivity contribution in [1.82, 2.24) is 5.32 Å². The molecule has 2 heterocycles. The summed E-state index contributed by atoms with van der Waals surface area (Å²) in [5, 5.41) is 3.51. The molecular weight excluding hydrogens is 214 g/mol. The van der Waals surface area contributed by atoms with E-state index in [4.69, 9.17) is 9.15 Å². The summed E-state index contributed by atoms with van der Waals surface area (Å²) in [7, 11) is 0. The normalized spacial score (nSPS) is 22.5. The molecule has 0 bridgehead atoms. The third-order valence-electron chi connectivity index (χ3n) is 3.45. The SMILES string of the molecule is CCNC(CCC1CCCCO1)c1ccoc1. The number of nitrogens with one attached hydrogen (secondary N) is 1. The van der Waals surface area contributed by atoms with E-state index < -0.39 is 0 Å². The van der Waals surface area contributed by atoms with Crippen LogP contribution < -0.4 is 5.32 Å². The van der Waals surface area contributed by atoms with Crippen molar-refractivity contribution in [1.29, 1.82) is 0 Å². The molecule has 0 radical (unpaired) electrons. The van der Waals surface area contributed by atoms with Gasteiger partial charge in [-0.2, -0.15) is 0 Å². The van der Waals surface area contributed by atoms with E-state index in [1.807, 2.05) is 6.26 Å². The molecule has 1 fully saturated rings. The van der Waals surface area contributed by atoms with E-state index in [-0.39, 0.29) is 0 Å². The number of hydrogen-bond donors (Lipinski definition) is 1. The minimum absolute atomic E-state index is 0.407. The molecular formula is C14H23NO2.